The fourth-order valence-electron chi connectivity index (χ4n) is 3.93. The Balaban J connectivity index is 0.000000202. The molecule has 1 radical (unpaired) electrons. The second-order valence-corrected chi connectivity index (χ2v) is 7.78. The standard InChI is InChI=1S/C18H17N2.C10H9N2.Ir/c1-13-11-14(2)17(15(3)12-13)20-10-9-19-18(20)16-7-5-4-6-8-16;1-12-8-7-11-10(12)9-5-3-2-4-6-9;/h4-7,9-12H,1-3H3;2-5,7-8H,1H3;/q2*-1;. The molecule has 0 fully saturated rings. The van der Waals surface area contributed by atoms with Crippen LogP contribution >= 0.6 is 0 Å². The average molecular weight is 611 g/mol. The Morgan fingerprint density at radius 1 is 0.727 bits per heavy atom. The van der Waals surface area contributed by atoms with Crippen LogP contribution in [0.1, 0.15) is 16.7 Å². The van der Waals surface area contributed by atoms with E-state index in [4.69, 9.17) is 0 Å². The van der Waals surface area contributed by atoms with Gasteiger partial charge in [0.05, 0.1) is 11.6 Å². The van der Waals surface area contributed by atoms with Crippen LogP contribution in [0, 0.1) is 32.9 Å². The maximum atomic E-state index is 4.50. The van der Waals surface area contributed by atoms with Crippen LogP contribution in [-0.2, 0) is 27.2 Å². The minimum atomic E-state index is 0. The molecule has 0 saturated carbocycles. The maximum absolute atomic E-state index is 4.50. The molecule has 0 spiro atoms. The molecule has 0 atom stereocenters. The molecule has 5 heteroatoms. The molecule has 33 heavy (non-hydrogen) atoms. The Bertz CT molecular complexity index is 1280. The van der Waals surface area contributed by atoms with Gasteiger partial charge < -0.3 is 9.13 Å². The van der Waals surface area contributed by atoms with Crippen molar-refractivity contribution in [1.82, 2.24) is 19.1 Å². The third-order valence-electron chi connectivity index (χ3n) is 5.24. The van der Waals surface area contributed by atoms with Crippen molar-refractivity contribution in [3.05, 3.63) is 114 Å². The molecule has 4 nitrogen and oxygen atoms in total. The minimum Gasteiger partial charge on any atom is -0.373 e. The minimum absolute atomic E-state index is 0. The van der Waals surface area contributed by atoms with E-state index < -0.39 is 0 Å². The number of benzene rings is 3. The van der Waals surface area contributed by atoms with Crippen molar-refractivity contribution in [1.29, 1.82) is 0 Å². The third kappa shape index (κ3) is 5.57. The molecular weight excluding hydrogens is 585 g/mol. The van der Waals surface area contributed by atoms with Gasteiger partial charge in [0.25, 0.3) is 0 Å². The molecule has 5 rings (SSSR count). The van der Waals surface area contributed by atoms with E-state index in [2.05, 4.69) is 59.6 Å². The van der Waals surface area contributed by atoms with Gasteiger partial charge in [-0.15, -0.1) is 71.8 Å². The second kappa shape index (κ2) is 11.0. The molecular formula is C28H26IrN4-2. The van der Waals surface area contributed by atoms with Gasteiger partial charge in [-0.2, -0.15) is 0 Å². The van der Waals surface area contributed by atoms with E-state index in [0.717, 1.165) is 22.8 Å². The number of rotatable bonds is 3. The molecule has 0 aliphatic rings. The molecule has 0 unspecified atom stereocenters. The molecule has 5 aromatic rings. The number of hydrogen-bond donors (Lipinski definition) is 0. The molecule has 3 aromatic carbocycles. The van der Waals surface area contributed by atoms with Crippen LogP contribution in [-0.4, -0.2) is 19.1 Å². The van der Waals surface area contributed by atoms with Crippen LogP contribution in [0.25, 0.3) is 28.5 Å². The van der Waals surface area contributed by atoms with Crippen LogP contribution < -0.4 is 0 Å². The summed E-state index contributed by atoms with van der Waals surface area (Å²) in [6.07, 6.45) is 7.57. The Kier molecular flexibility index (Phi) is 8.15. The summed E-state index contributed by atoms with van der Waals surface area (Å²) in [4.78, 5) is 8.72. The second-order valence-electron chi connectivity index (χ2n) is 7.78. The van der Waals surface area contributed by atoms with E-state index >= 15 is 0 Å². The Hall–Kier alpha value is -3.27. The summed E-state index contributed by atoms with van der Waals surface area (Å²) < 4.78 is 4.13. The molecule has 0 aliphatic carbocycles. The summed E-state index contributed by atoms with van der Waals surface area (Å²) in [5, 5.41) is 0. The van der Waals surface area contributed by atoms with Gasteiger partial charge in [0.15, 0.2) is 0 Å². The van der Waals surface area contributed by atoms with Crippen LogP contribution in [0.4, 0.5) is 0 Å². The van der Waals surface area contributed by atoms with Crippen molar-refractivity contribution in [2.75, 3.05) is 0 Å². The largest absolute Gasteiger partial charge is 0.373 e. The van der Waals surface area contributed by atoms with E-state index in [1.54, 1.807) is 6.20 Å². The maximum Gasteiger partial charge on any atom is 0.0602 e. The first kappa shape index (κ1) is 24.4. The number of imidazole rings is 2. The van der Waals surface area contributed by atoms with Crippen LogP contribution in [0.3, 0.4) is 0 Å². The van der Waals surface area contributed by atoms with Gasteiger partial charge >= 0.3 is 0 Å². The van der Waals surface area contributed by atoms with Gasteiger partial charge in [-0.05, 0) is 31.9 Å². The summed E-state index contributed by atoms with van der Waals surface area (Å²) in [5.41, 5.74) is 7.06. The van der Waals surface area contributed by atoms with Gasteiger partial charge in [0.1, 0.15) is 0 Å². The van der Waals surface area contributed by atoms with E-state index in [1.165, 1.54) is 22.4 Å². The molecule has 0 aliphatic heterocycles. The first-order valence-corrected chi connectivity index (χ1v) is 10.6. The van der Waals surface area contributed by atoms with Gasteiger partial charge in [0, 0.05) is 57.6 Å². The Morgan fingerprint density at radius 3 is 1.79 bits per heavy atom. The smallest absolute Gasteiger partial charge is 0.0602 e. The molecule has 0 N–H and O–H groups in total. The van der Waals surface area contributed by atoms with Crippen molar-refractivity contribution in [3.63, 3.8) is 0 Å². The normalized spacial score (nSPS) is 10.2. The van der Waals surface area contributed by atoms with E-state index in [0.29, 0.717) is 0 Å². The predicted octanol–water partition coefficient (Wildman–Crippen LogP) is 6.15. The zero-order valence-corrected chi connectivity index (χ0v) is 21.6. The fraction of sp³-hybridized carbons (Fsp3) is 0.143. The SMILES string of the molecule is Cc1cc(C)c(-n2ccnc2-c2[c-]cccc2)c(C)c1.Cn1ccnc1-c1[c-]cccc1.[Ir]. The average Bonchev–Trinajstić information content (AvgIpc) is 3.44. The summed E-state index contributed by atoms with van der Waals surface area (Å²) >= 11 is 0. The van der Waals surface area contributed by atoms with Crippen molar-refractivity contribution in [3.8, 4) is 28.5 Å². The van der Waals surface area contributed by atoms with Gasteiger partial charge in [-0.1, -0.05) is 17.7 Å². The number of nitrogens with zero attached hydrogens (tertiary/aromatic N) is 4. The quantitative estimate of drug-likeness (QED) is 0.230. The molecule has 2 heterocycles. The van der Waals surface area contributed by atoms with E-state index in [1.807, 2.05) is 78.7 Å². The van der Waals surface area contributed by atoms with Gasteiger partial charge in [0.2, 0.25) is 0 Å². The molecule has 0 bridgehead atoms. The van der Waals surface area contributed by atoms with Crippen molar-refractivity contribution >= 4 is 0 Å². The monoisotopic (exact) mass is 611 g/mol. The van der Waals surface area contributed by atoms with E-state index in [9.17, 15) is 0 Å². The van der Waals surface area contributed by atoms with E-state index in [-0.39, 0.29) is 20.1 Å². The third-order valence-corrected chi connectivity index (χ3v) is 5.24. The van der Waals surface area contributed by atoms with Crippen molar-refractivity contribution in [2.24, 2.45) is 7.05 Å². The Labute approximate surface area is 209 Å². The van der Waals surface area contributed by atoms with Crippen molar-refractivity contribution in [2.45, 2.75) is 20.8 Å². The summed E-state index contributed by atoms with van der Waals surface area (Å²) in [6, 6.07) is 26.6. The zero-order chi connectivity index (χ0) is 22.5. The molecule has 169 valence electrons. The molecule has 0 saturated heterocycles. The summed E-state index contributed by atoms with van der Waals surface area (Å²) in [6.45, 7) is 6.42. The zero-order valence-electron chi connectivity index (χ0n) is 19.2. The number of aromatic nitrogens is 4. The van der Waals surface area contributed by atoms with Crippen LogP contribution in [0.2, 0.25) is 0 Å². The fourth-order valence-corrected chi connectivity index (χ4v) is 3.93. The topological polar surface area (TPSA) is 35.6 Å². The predicted molar refractivity (Wildman–Crippen MR) is 130 cm³/mol. The van der Waals surface area contributed by atoms with Gasteiger partial charge in [-0.25, -0.2) is 0 Å². The first-order chi connectivity index (χ1) is 15.5. The number of aryl methyl sites for hydroxylation is 4. The molecule has 0 amide bonds. The number of hydrogen-bond acceptors (Lipinski definition) is 2. The summed E-state index contributed by atoms with van der Waals surface area (Å²) in [5.74, 6) is 1.89. The Morgan fingerprint density at radius 2 is 1.27 bits per heavy atom. The van der Waals surface area contributed by atoms with Crippen LogP contribution in [0.15, 0.2) is 85.5 Å². The summed E-state index contributed by atoms with van der Waals surface area (Å²) in [7, 11) is 1.98. The first-order valence-electron chi connectivity index (χ1n) is 10.6. The van der Waals surface area contributed by atoms with Crippen molar-refractivity contribution < 1.29 is 20.1 Å². The molecule has 2 aromatic heterocycles. The van der Waals surface area contributed by atoms with Crippen LogP contribution in [0.5, 0.6) is 0 Å². The van der Waals surface area contributed by atoms with Gasteiger partial charge in [-0.3, -0.25) is 9.97 Å².